The SMILES string of the molecule is C=C(OCC)c1cc(COCCCCc2ccccc2)on1. The van der Waals surface area contributed by atoms with Gasteiger partial charge in [0.1, 0.15) is 18.1 Å². The van der Waals surface area contributed by atoms with Gasteiger partial charge in [-0.25, -0.2) is 0 Å². The van der Waals surface area contributed by atoms with Crippen LogP contribution in [0.25, 0.3) is 5.76 Å². The molecule has 1 aromatic heterocycles. The van der Waals surface area contributed by atoms with E-state index in [0.717, 1.165) is 25.9 Å². The van der Waals surface area contributed by atoms with Gasteiger partial charge in [0.25, 0.3) is 0 Å². The Morgan fingerprint density at radius 3 is 2.82 bits per heavy atom. The molecule has 22 heavy (non-hydrogen) atoms. The smallest absolute Gasteiger partial charge is 0.163 e. The summed E-state index contributed by atoms with van der Waals surface area (Å²) in [6.07, 6.45) is 3.24. The zero-order valence-electron chi connectivity index (χ0n) is 13.1. The van der Waals surface area contributed by atoms with Gasteiger partial charge in [0.2, 0.25) is 0 Å². The summed E-state index contributed by atoms with van der Waals surface area (Å²) in [6, 6.07) is 12.3. The second-order valence-corrected chi connectivity index (χ2v) is 5.03. The molecule has 4 heteroatoms. The summed E-state index contributed by atoms with van der Waals surface area (Å²) in [5, 5.41) is 3.91. The maximum Gasteiger partial charge on any atom is 0.163 e. The summed E-state index contributed by atoms with van der Waals surface area (Å²) >= 11 is 0. The molecule has 1 heterocycles. The van der Waals surface area contributed by atoms with Gasteiger partial charge >= 0.3 is 0 Å². The Labute approximate surface area is 131 Å². The lowest BCUT2D eigenvalue weighted by Gasteiger charge is -2.02. The average molecular weight is 301 g/mol. The number of unbranched alkanes of at least 4 members (excludes halogenated alkanes) is 1. The first kappa shape index (κ1) is 16.3. The predicted molar refractivity (Wildman–Crippen MR) is 86.2 cm³/mol. The van der Waals surface area contributed by atoms with Crippen LogP contribution in [-0.4, -0.2) is 18.4 Å². The molecule has 0 N–H and O–H groups in total. The van der Waals surface area contributed by atoms with Gasteiger partial charge in [-0.05, 0) is 31.7 Å². The van der Waals surface area contributed by atoms with Crippen molar-refractivity contribution in [2.75, 3.05) is 13.2 Å². The Bertz CT molecular complexity index is 563. The average Bonchev–Trinajstić information content (AvgIpc) is 3.01. The highest BCUT2D eigenvalue weighted by Crippen LogP contribution is 2.14. The molecule has 0 saturated heterocycles. The van der Waals surface area contributed by atoms with E-state index >= 15 is 0 Å². The lowest BCUT2D eigenvalue weighted by atomic mass is 10.1. The molecule has 2 aromatic rings. The molecule has 0 bridgehead atoms. The predicted octanol–water partition coefficient (Wildman–Crippen LogP) is 4.22. The first-order chi connectivity index (χ1) is 10.8. The van der Waals surface area contributed by atoms with Gasteiger partial charge in [-0.2, -0.15) is 0 Å². The number of ether oxygens (including phenoxy) is 2. The van der Waals surface area contributed by atoms with E-state index in [1.165, 1.54) is 5.56 Å². The van der Waals surface area contributed by atoms with Crippen LogP contribution in [0.4, 0.5) is 0 Å². The van der Waals surface area contributed by atoms with Gasteiger partial charge in [-0.15, -0.1) is 0 Å². The summed E-state index contributed by atoms with van der Waals surface area (Å²) in [4.78, 5) is 0. The molecule has 0 radical (unpaired) electrons. The zero-order valence-corrected chi connectivity index (χ0v) is 13.1. The van der Waals surface area contributed by atoms with Crippen LogP contribution in [0.15, 0.2) is 47.5 Å². The molecule has 0 amide bonds. The van der Waals surface area contributed by atoms with E-state index in [9.17, 15) is 0 Å². The Morgan fingerprint density at radius 1 is 1.23 bits per heavy atom. The minimum absolute atomic E-state index is 0.428. The highest BCUT2D eigenvalue weighted by Gasteiger charge is 2.08. The van der Waals surface area contributed by atoms with Crippen molar-refractivity contribution in [3.63, 3.8) is 0 Å². The quantitative estimate of drug-likeness (QED) is 0.487. The fourth-order valence-corrected chi connectivity index (χ4v) is 2.11. The third-order valence-electron chi connectivity index (χ3n) is 3.25. The topological polar surface area (TPSA) is 44.5 Å². The Hall–Kier alpha value is -2.07. The zero-order chi connectivity index (χ0) is 15.6. The second-order valence-electron chi connectivity index (χ2n) is 5.03. The monoisotopic (exact) mass is 301 g/mol. The Balaban J connectivity index is 1.60. The number of rotatable bonds is 10. The van der Waals surface area contributed by atoms with Gasteiger partial charge in [0.05, 0.1) is 6.61 Å². The molecule has 4 nitrogen and oxygen atoms in total. The summed E-state index contributed by atoms with van der Waals surface area (Å²) in [6.45, 7) is 7.41. The Kier molecular flexibility index (Phi) is 6.71. The van der Waals surface area contributed by atoms with E-state index in [1.807, 2.05) is 19.1 Å². The van der Waals surface area contributed by atoms with Crippen LogP contribution < -0.4 is 0 Å². The van der Waals surface area contributed by atoms with Gasteiger partial charge in [0.15, 0.2) is 5.76 Å². The molecule has 0 spiro atoms. The van der Waals surface area contributed by atoms with Crippen LogP contribution in [0.5, 0.6) is 0 Å². The first-order valence-electron chi connectivity index (χ1n) is 7.69. The maximum absolute atomic E-state index is 5.61. The first-order valence-corrected chi connectivity index (χ1v) is 7.69. The molecule has 0 unspecified atom stereocenters. The van der Waals surface area contributed by atoms with Crippen molar-refractivity contribution in [2.45, 2.75) is 32.8 Å². The molecule has 118 valence electrons. The molecule has 0 aliphatic carbocycles. The summed E-state index contributed by atoms with van der Waals surface area (Å²) < 4.78 is 16.1. The number of benzene rings is 1. The molecule has 0 atom stereocenters. The van der Waals surface area contributed by atoms with Crippen LogP contribution >= 0.6 is 0 Å². The minimum Gasteiger partial charge on any atom is -0.492 e. The molecular formula is C18H23NO3. The highest BCUT2D eigenvalue weighted by atomic mass is 16.5. The normalized spacial score (nSPS) is 10.6. The standard InChI is InChI=1S/C18H23NO3/c1-3-21-15(2)18-13-17(22-19-18)14-20-12-8-7-11-16-9-5-4-6-10-16/h4-6,9-10,13H,2-3,7-8,11-12,14H2,1H3. The van der Waals surface area contributed by atoms with Crippen molar-refractivity contribution in [2.24, 2.45) is 0 Å². The maximum atomic E-state index is 5.61. The molecule has 2 rings (SSSR count). The van der Waals surface area contributed by atoms with Crippen molar-refractivity contribution >= 4 is 5.76 Å². The Morgan fingerprint density at radius 2 is 2.05 bits per heavy atom. The molecule has 1 aromatic carbocycles. The largest absolute Gasteiger partial charge is 0.492 e. The van der Waals surface area contributed by atoms with Gasteiger partial charge in [-0.3, -0.25) is 0 Å². The lowest BCUT2D eigenvalue weighted by Crippen LogP contribution is -1.96. The van der Waals surface area contributed by atoms with Crippen LogP contribution in [0.3, 0.4) is 0 Å². The van der Waals surface area contributed by atoms with E-state index < -0.39 is 0 Å². The van der Waals surface area contributed by atoms with E-state index in [0.29, 0.717) is 30.4 Å². The molecule has 0 aliphatic rings. The third kappa shape index (κ3) is 5.37. The van der Waals surface area contributed by atoms with Crippen molar-refractivity contribution in [3.05, 3.63) is 60.0 Å². The van der Waals surface area contributed by atoms with Crippen LogP contribution in [0, 0.1) is 0 Å². The fraction of sp³-hybridized carbons (Fsp3) is 0.389. The molecule has 0 aliphatic heterocycles. The number of nitrogens with zero attached hydrogens (tertiary/aromatic N) is 1. The highest BCUT2D eigenvalue weighted by molar-refractivity contribution is 5.52. The van der Waals surface area contributed by atoms with Crippen LogP contribution in [-0.2, 0) is 22.5 Å². The van der Waals surface area contributed by atoms with Gasteiger partial charge < -0.3 is 14.0 Å². The summed E-state index contributed by atoms with van der Waals surface area (Å²) in [7, 11) is 0. The van der Waals surface area contributed by atoms with E-state index in [1.54, 1.807) is 0 Å². The van der Waals surface area contributed by atoms with Gasteiger partial charge in [0, 0.05) is 12.7 Å². The summed E-state index contributed by atoms with van der Waals surface area (Å²) in [5.41, 5.74) is 2.00. The molecular weight excluding hydrogens is 278 g/mol. The third-order valence-corrected chi connectivity index (χ3v) is 3.25. The summed E-state index contributed by atoms with van der Waals surface area (Å²) in [5.74, 6) is 1.22. The number of aryl methyl sites for hydroxylation is 1. The molecule has 0 fully saturated rings. The molecule has 0 saturated carbocycles. The van der Waals surface area contributed by atoms with E-state index in [-0.39, 0.29) is 0 Å². The number of hydrogen-bond donors (Lipinski definition) is 0. The number of aromatic nitrogens is 1. The van der Waals surface area contributed by atoms with Crippen molar-refractivity contribution < 1.29 is 14.0 Å². The van der Waals surface area contributed by atoms with E-state index in [2.05, 4.69) is 36.0 Å². The van der Waals surface area contributed by atoms with Crippen LogP contribution in [0.1, 0.15) is 36.8 Å². The number of hydrogen-bond acceptors (Lipinski definition) is 4. The van der Waals surface area contributed by atoms with E-state index in [4.69, 9.17) is 14.0 Å². The second kappa shape index (κ2) is 9.05. The minimum atomic E-state index is 0.428. The van der Waals surface area contributed by atoms with Crippen molar-refractivity contribution in [1.29, 1.82) is 0 Å². The fourth-order valence-electron chi connectivity index (χ4n) is 2.11. The van der Waals surface area contributed by atoms with Crippen LogP contribution in [0.2, 0.25) is 0 Å². The van der Waals surface area contributed by atoms with Crippen molar-refractivity contribution in [3.8, 4) is 0 Å². The van der Waals surface area contributed by atoms with Gasteiger partial charge in [-0.1, -0.05) is 42.1 Å². The van der Waals surface area contributed by atoms with Crippen molar-refractivity contribution in [1.82, 2.24) is 5.16 Å². The lowest BCUT2D eigenvalue weighted by molar-refractivity contribution is 0.0980.